The normalized spacial score (nSPS) is 41.6. The van der Waals surface area contributed by atoms with Crippen molar-refractivity contribution in [1.82, 2.24) is 0 Å². The van der Waals surface area contributed by atoms with Crippen LogP contribution in [0.25, 0.3) is 0 Å². The average Bonchev–Trinajstić information content (AvgIpc) is 3.11. The van der Waals surface area contributed by atoms with Crippen LogP contribution in [0.3, 0.4) is 0 Å². The molecule has 0 aromatic carbocycles. The van der Waals surface area contributed by atoms with Gasteiger partial charge in [0.2, 0.25) is 0 Å². The van der Waals surface area contributed by atoms with Crippen molar-refractivity contribution in [1.29, 1.82) is 0 Å². The molecule has 4 aliphatic rings. The third kappa shape index (κ3) is 4.50. The van der Waals surface area contributed by atoms with Crippen LogP contribution in [0, 0.1) is 46.3 Å². The Morgan fingerprint density at radius 3 is 2.55 bits per heavy atom. The lowest BCUT2D eigenvalue weighted by Crippen LogP contribution is -2.51. The van der Waals surface area contributed by atoms with Crippen LogP contribution < -0.4 is 0 Å². The predicted octanol–water partition coefficient (Wildman–Crippen LogP) is 8.52. The number of carbonyl (C=O) groups is 1. The van der Waals surface area contributed by atoms with Gasteiger partial charge in [-0.1, -0.05) is 57.9 Å². The van der Waals surface area contributed by atoms with E-state index in [1.165, 1.54) is 51.4 Å². The van der Waals surface area contributed by atoms with Gasteiger partial charge in [-0.25, -0.2) is 0 Å². The van der Waals surface area contributed by atoms with Gasteiger partial charge in [0.15, 0.2) is 0 Å². The van der Waals surface area contributed by atoms with Crippen molar-refractivity contribution in [3.63, 3.8) is 0 Å². The van der Waals surface area contributed by atoms with Crippen LogP contribution in [0.4, 0.5) is 0 Å². The van der Waals surface area contributed by atoms with Crippen LogP contribution in [0.15, 0.2) is 23.3 Å². The zero-order chi connectivity index (χ0) is 24.0. The lowest BCUT2D eigenvalue weighted by Gasteiger charge is -2.58. The second kappa shape index (κ2) is 9.54. The largest absolute Gasteiger partial charge is 0.462 e. The standard InChI is InChI=1S/C31H50O2/c1-8-23(20(2)3)10-9-21(4)27-13-14-28-26-12-11-24-19-25(33-22(5)32)15-17-30(24,6)29(26)16-18-31(27,28)7/h8,11,20-21,25-29H,9-10,12-19H2,1-7H3/b23-8-/t21-,25+,26+,27+,28+,29-,30+,31+/m1/s1. The van der Waals surface area contributed by atoms with Gasteiger partial charge in [0, 0.05) is 13.3 Å². The quantitative estimate of drug-likeness (QED) is 0.297. The molecule has 0 saturated heterocycles. The molecule has 0 radical (unpaired) electrons. The molecule has 2 heteroatoms. The Morgan fingerprint density at radius 2 is 1.88 bits per heavy atom. The van der Waals surface area contributed by atoms with E-state index in [0.29, 0.717) is 16.7 Å². The maximum atomic E-state index is 11.5. The summed E-state index contributed by atoms with van der Waals surface area (Å²) in [5, 5.41) is 0. The van der Waals surface area contributed by atoms with E-state index >= 15 is 0 Å². The minimum atomic E-state index is -0.118. The fourth-order valence-corrected chi connectivity index (χ4v) is 9.30. The van der Waals surface area contributed by atoms with Gasteiger partial charge in [0.1, 0.15) is 6.10 Å². The molecule has 0 aromatic rings. The second-order valence-electron chi connectivity index (χ2n) is 13.0. The molecule has 33 heavy (non-hydrogen) atoms. The maximum absolute atomic E-state index is 11.5. The van der Waals surface area contributed by atoms with Crippen LogP contribution in [0.1, 0.15) is 113 Å². The monoisotopic (exact) mass is 454 g/mol. The van der Waals surface area contributed by atoms with Gasteiger partial charge in [-0.15, -0.1) is 0 Å². The molecule has 0 bridgehead atoms. The van der Waals surface area contributed by atoms with Crippen molar-refractivity contribution in [3.05, 3.63) is 23.3 Å². The van der Waals surface area contributed by atoms with Gasteiger partial charge in [0.05, 0.1) is 0 Å². The molecule has 0 spiro atoms. The molecule has 0 aliphatic heterocycles. The van der Waals surface area contributed by atoms with Crippen molar-refractivity contribution < 1.29 is 9.53 Å². The van der Waals surface area contributed by atoms with Crippen LogP contribution in [0.2, 0.25) is 0 Å². The molecule has 4 rings (SSSR count). The Hall–Kier alpha value is -1.05. The molecule has 2 nitrogen and oxygen atoms in total. The summed E-state index contributed by atoms with van der Waals surface area (Å²) in [4.78, 5) is 11.5. The zero-order valence-electron chi connectivity index (χ0n) is 22.6. The zero-order valence-corrected chi connectivity index (χ0v) is 22.6. The van der Waals surface area contributed by atoms with Crippen molar-refractivity contribution in [2.45, 2.75) is 119 Å². The summed E-state index contributed by atoms with van der Waals surface area (Å²) < 4.78 is 5.63. The topological polar surface area (TPSA) is 26.3 Å². The fraction of sp³-hybridized carbons (Fsp3) is 0.839. The lowest BCUT2D eigenvalue weighted by molar-refractivity contribution is -0.148. The van der Waals surface area contributed by atoms with Gasteiger partial charge in [-0.05, 0) is 111 Å². The fourth-order valence-electron chi connectivity index (χ4n) is 9.30. The number of rotatable bonds is 6. The molecule has 8 atom stereocenters. The molecule has 3 saturated carbocycles. The van der Waals surface area contributed by atoms with Crippen molar-refractivity contribution in [3.8, 4) is 0 Å². The Bertz CT molecular complexity index is 791. The number of carbonyl (C=O) groups excluding carboxylic acids is 1. The molecule has 0 unspecified atom stereocenters. The van der Waals surface area contributed by atoms with E-state index in [9.17, 15) is 4.79 Å². The molecule has 0 amide bonds. The summed E-state index contributed by atoms with van der Waals surface area (Å²) >= 11 is 0. The van der Waals surface area contributed by atoms with Gasteiger partial charge in [-0.3, -0.25) is 4.79 Å². The first-order chi connectivity index (χ1) is 15.6. The summed E-state index contributed by atoms with van der Waals surface area (Å²) in [7, 11) is 0. The summed E-state index contributed by atoms with van der Waals surface area (Å²) in [6.45, 7) is 16.3. The van der Waals surface area contributed by atoms with E-state index in [0.717, 1.165) is 42.4 Å². The molecule has 186 valence electrons. The van der Waals surface area contributed by atoms with Gasteiger partial charge in [-0.2, -0.15) is 0 Å². The summed E-state index contributed by atoms with van der Waals surface area (Å²) in [6.07, 6.45) is 17.9. The van der Waals surface area contributed by atoms with Crippen molar-refractivity contribution in [2.75, 3.05) is 0 Å². The van der Waals surface area contributed by atoms with Crippen LogP contribution in [-0.2, 0) is 9.53 Å². The highest BCUT2D eigenvalue weighted by Gasteiger charge is 2.59. The van der Waals surface area contributed by atoms with E-state index in [1.807, 2.05) is 0 Å². The average molecular weight is 455 g/mol. The number of hydrogen-bond acceptors (Lipinski definition) is 2. The summed E-state index contributed by atoms with van der Waals surface area (Å²) in [6, 6.07) is 0. The minimum absolute atomic E-state index is 0.108. The molecule has 0 heterocycles. The van der Waals surface area contributed by atoms with E-state index in [4.69, 9.17) is 4.74 Å². The third-order valence-corrected chi connectivity index (χ3v) is 11.2. The smallest absolute Gasteiger partial charge is 0.302 e. The van der Waals surface area contributed by atoms with Crippen LogP contribution >= 0.6 is 0 Å². The Kier molecular flexibility index (Phi) is 7.24. The van der Waals surface area contributed by atoms with Gasteiger partial charge < -0.3 is 4.74 Å². The van der Waals surface area contributed by atoms with E-state index in [2.05, 4.69) is 53.7 Å². The first-order valence-corrected chi connectivity index (χ1v) is 14.1. The maximum Gasteiger partial charge on any atom is 0.302 e. The highest BCUT2D eigenvalue weighted by molar-refractivity contribution is 5.66. The molecular weight excluding hydrogens is 404 g/mol. The highest BCUT2D eigenvalue weighted by atomic mass is 16.5. The van der Waals surface area contributed by atoms with Gasteiger partial charge in [0.25, 0.3) is 0 Å². The SMILES string of the molecule is C/C=C(/CC[C@@H](C)[C@@H]1CC[C@H]2[C@@H]3CC=C4C[C@@H](OC(C)=O)CC[C@]4(C)[C@@H]3CC[C@]21C)C(C)C. The summed E-state index contributed by atoms with van der Waals surface area (Å²) in [5.74, 6) is 4.88. The third-order valence-electron chi connectivity index (χ3n) is 11.2. The number of ether oxygens (including phenoxy) is 1. The van der Waals surface area contributed by atoms with Crippen LogP contribution in [0.5, 0.6) is 0 Å². The Balaban J connectivity index is 1.47. The lowest BCUT2D eigenvalue weighted by atomic mass is 9.47. The predicted molar refractivity (Wildman–Crippen MR) is 138 cm³/mol. The molecule has 0 N–H and O–H groups in total. The molecule has 4 aliphatic carbocycles. The summed E-state index contributed by atoms with van der Waals surface area (Å²) in [5.41, 5.74) is 4.13. The number of allylic oxidation sites excluding steroid dienone is 3. The number of esters is 1. The molecule has 0 aromatic heterocycles. The van der Waals surface area contributed by atoms with Crippen molar-refractivity contribution >= 4 is 5.97 Å². The minimum Gasteiger partial charge on any atom is -0.462 e. The van der Waals surface area contributed by atoms with Crippen molar-refractivity contribution in [2.24, 2.45) is 46.3 Å². The second-order valence-corrected chi connectivity index (χ2v) is 13.0. The van der Waals surface area contributed by atoms with Gasteiger partial charge >= 0.3 is 5.97 Å². The Morgan fingerprint density at radius 1 is 1.12 bits per heavy atom. The highest BCUT2D eigenvalue weighted by Crippen LogP contribution is 2.67. The Labute approximate surface area is 204 Å². The molecular formula is C31H50O2. The van der Waals surface area contributed by atoms with Crippen LogP contribution in [-0.4, -0.2) is 12.1 Å². The number of hydrogen-bond donors (Lipinski definition) is 0. The first-order valence-electron chi connectivity index (χ1n) is 14.1. The van der Waals surface area contributed by atoms with E-state index in [-0.39, 0.29) is 12.1 Å². The molecule has 3 fully saturated rings. The number of fused-ring (bicyclic) bond motifs is 5. The van der Waals surface area contributed by atoms with E-state index in [1.54, 1.807) is 18.1 Å². The first kappa shape index (κ1) is 25.1. The van der Waals surface area contributed by atoms with E-state index < -0.39 is 0 Å².